The molecule has 1 saturated heterocycles. The minimum atomic E-state index is -0.526. The number of halogens is 2. The van der Waals surface area contributed by atoms with E-state index in [2.05, 4.69) is 19.2 Å². The summed E-state index contributed by atoms with van der Waals surface area (Å²) in [5, 5.41) is 3.30. The van der Waals surface area contributed by atoms with E-state index in [1.807, 2.05) is 11.9 Å². The molecule has 3 unspecified atom stereocenters. The van der Waals surface area contributed by atoms with Gasteiger partial charge in [0, 0.05) is 24.7 Å². The van der Waals surface area contributed by atoms with Crippen molar-refractivity contribution in [3.63, 3.8) is 0 Å². The van der Waals surface area contributed by atoms with E-state index in [-0.39, 0.29) is 6.04 Å². The van der Waals surface area contributed by atoms with Gasteiger partial charge in [0.25, 0.3) is 0 Å². The predicted molar refractivity (Wildman–Crippen MR) is 69.8 cm³/mol. The third-order valence-corrected chi connectivity index (χ3v) is 4.16. The predicted octanol–water partition coefficient (Wildman–Crippen LogP) is 2.79. The van der Waals surface area contributed by atoms with E-state index in [4.69, 9.17) is 0 Å². The minimum absolute atomic E-state index is 0.233. The van der Waals surface area contributed by atoms with Crippen molar-refractivity contribution in [1.29, 1.82) is 0 Å². The molecule has 3 atom stereocenters. The molecule has 1 fully saturated rings. The van der Waals surface area contributed by atoms with Crippen molar-refractivity contribution >= 4 is 5.69 Å². The van der Waals surface area contributed by atoms with Crippen LogP contribution in [0.15, 0.2) is 18.2 Å². The van der Waals surface area contributed by atoms with Gasteiger partial charge in [-0.05, 0) is 38.4 Å². The van der Waals surface area contributed by atoms with E-state index < -0.39 is 11.6 Å². The maximum atomic E-state index is 13.8. The molecule has 1 aromatic rings. The fourth-order valence-corrected chi connectivity index (χ4v) is 2.83. The summed E-state index contributed by atoms with van der Waals surface area (Å²) >= 11 is 0. The van der Waals surface area contributed by atoms with Crippen LogP contribution in [0.4, 0.5) is 14.5 Å². The fourth-order valence-electron chi connectivity index (χ4n) is 2.83. The van der Waals surface area contributed by atoms with Gasteiger partial charge in [-0.15, -0.1) is 0 Å². The topological polar surface area (TPSA) is 15.3 Å². The third kappa shape index (κ3) is 2.34. The number of nitrogens with one attached hydrogen (secondary N) is 1. The molecule has 0 amide bonds. The molecule has 0 aliphatic carbocycles. The molecule has 1 N–H and O–H groups in total. The standard InChI is InChI=1S/C14H20F2N2/c1-9-10(2)18(7-6-13(9)17-3)14-5-4-11(15)8-12(14)16/h4-5,8-10,13,17H,6-7H2,1-3H3. The second-order valence-electron chi connectivity index (χ2n) is 5.07. The first-order valence-corrected chi connectivity index (χ1v) is 6.43. The van der Waals surface area contributed by atoms with Crippen molar-refractivity contribution in [2.24, 2.45) is 5.92 Å². The van der Waals surface area contributed by atoms with Crippen LogP contribution in [0.25, 0.3) is 0 Å². The lowest BCUT2D eigenvalue weighted by Crippen LogP contribution is -2.53. The van der Waals surface area contributed by atoms with Crippen LogP contribution in [-0.4, -0.2) is 25.7 Å². The highest BCUT2D eigenvalue weighted by molar-refractivity contribution is 5.49. The highest BCUT2D eigenvalue weighted by Gasteiger charge is 2.32. The Morgan fingerprint density at radius 1 is 1.28 bits per heavy atom. The molecule has 18 heavy (non-hydrogen) atoms. The zero-order valence-electron chi connectivity index (χ0n) is 11.1. The molecule has 0 spiro atoms. The number of piperidine rings is 1. The van der Waals surface area contributed by atoms with Crippen molar-refractivity contribution in [2.75, 3.05) is 18.5 Å². The summed E-state index contributed by atoms with van der Waals surface area (Å²) < 4.78 is 26.8. The molecule has 2 nitrogen and oxygen atoms in total. The van der Waals surface area contributed by atoms with Crippen molar-refractivity contribution in [2.45, 2.75) is 32.4 Å². The van der Waals surface area contributed by atoms with Crippen LogP contribution >= 0.6 is 0 Å². The molecule has 0 radical (unpaired) electrons. The van der Waals surface area contributed by atoms with Gasteiger partial charge in [-0.1, -0.05) is 6.92 Å². The van der Waals surface area contributed by atoms with Gasteiger partial charge in [0.1, 0.15) is 11.6 Å². The van der Waals surface area contributed by atoms with Crippen LogP contribution < -0.4 is 10.2 Å². The molecule has 4 heteroatoms. The lowest BCUT2D eigenvalue weighted by molar-refractivity contribution is 0.281. The number of nitrogens with zero attached hydrogens (tertiary/aromatic N) is 1. The molecule has 0 aromatic heterocycles. The van der Waals surface area contributed by atoms with E-state index in [9.17, 15) is 8.78 Å². The van der Waals surface area contributed by atoms with E-state index in [0.29, 0.717) is 17.6 Å². The van der Waals surface area contributed by atoms with Crippen molar-refractivity contribution < 1.29 is 8.78 Å². The van der Waals surface area contributed by atoms with Gasteiger partial charge in [-0.25, -0.2) is 8.78 Å². The first-order chi connectivity index (χ1) is 8.54. The molecule has 1 heterocycles. The van der Waals surface area contributed by atoms with Gasteiger partial charge >= 0.3 is 0 Å². The molecule has 0 bridgehead atoms. The van der Waals surface area contributed by atoms with Gasteiger partial charge in [0.15, 0.2) is 0 Å². The van der Waals surface area contributed by atoms with Crippen LogP contribution in [0, 0.1) is 17.6 Å². The van der Waals surface area contributed by atoms with Crippen LogP contribution in [0.3, 0.4) is 0 Å². The number of benzene rings is 1. The average molecular weight is 254 g/mol. The highest BCUT2D eigenvalue weighted by atomic mass is 19.1. The Bertz CT molecular complexity index is 422. The lowest BCUT2D eigenvalue weighted by Gasteiger charge is -2.44. The van der Waals surface area contributed by atoms with Crippen molar-refractivity contribution in [3.8, 4) is 0 Å². The minimum Gasteiger partial charge on any atom is -0.366 e. The second-order valence-corrected chi connectivity index (χ2v) is 5.07. The molecular weight excluding hydrogens is 234 g/mol. The summed E-state index contributed by atoms with van der Waals surface area (Å²) in [5.41, 5.74) is 0.505. The smallest absolute Gasteiger partial charge is 0.149 e. The zero-order valence-corrected chi connectivity index (χ0v) is 11.1. The monoisotopic (exact) mass is 254 g/mol. The number of rotatable bonds is 2. The number of hydrogen-bond donors (Lipinski definition) is 1. The summed E-state index contributed by atoms with van der Waals surface area (Å²) in [6, 6.07) is 4.50. The molecule has 1 aliphatic rings. The summed E-state index contributed by atoms with van der Waals surface area (Å²) in [4.78, 5) is 2.04. The third-order valence-electron chi connectivity index (χ3n) is 4.16. The van der Waals surface area contributed by atoms with Crippen LogP contribution in [-0.2, 0) is 0 Å². The first-order valence-electron chi connectivity index (χ1n) is 6.43. The summed E-state index contributed by atoms with van der Waals surface area (Å²) in [5.74, 6) is -0.577. The van der Waals surface area contributed by atoms with Gasteiger partial charge < -0.3 is 10.2 Å². The van der Waals surface area contributed by atoms with E-state index >= 15 is 0 Å². The molecule has 2 rings (SSSR count). The van der Waals surface area contributed by atoms with E-state index in [0.717, 1.165) is 19.0 Å². The van der Waals surface area contributed by atoms with Crippen molar-refractivity contribution in [3.05, 3.63) is 29.8 Å². The lowest BCUT2D eigenvalue weighted by atomic mass is 9.86. The maximum absolute atomic E-state index is 13.8. The Balaban J connectivity index is 2.24. The van der Waals surface area contributed by atoms with Crippen LogP contribution in [0.1, 0.15) is 20.3 Å². The molecule has 0 saturated carbocycles. The van der Waals surface area contributed by atoms with Gasteiger partial charge in [0.2, 0.25) is 0 Å². The van der Waals surface area contributed by atoms with Gasteiger partial charge in [-0.2, -0.15) is 0 Å². The van der Waals surface area contributed by atoms with Crippen molar-refractivity contribution in [1.82, 2.24) is 5.32 Å². The number of hydrogen-bond acceptors (Lipinski definition) is 2. The summed E-state index contributed by atoms with van der Waals surface area (Å²) in [7, 11) is 1.96. The molecule has 1 aromatic carbocycles. The van der Waals surface area contributed by atoms with E-state index in [1.165, 1.54) is 12.1 Å². The highest BCUT2D eigenvalue weighted by Crippen LogP contribution is 2.30. The molecular formula is C14H20F2N2. The zero-order chi connectivity index (χ0) is 13.3. The first kappa shape index (κ1) is 13.3. The Kier molecular flexibility index (Phi) is 3.85. The average Bonchev–Trinajstić information content (AvgIpc) is 2.34. The Morgan fingerprint density at radius 2 is 2.00 bits per heavy atom. The molecule has 1 aliphatic heterocycles. The summed E-state index contributed by atoms with van der Waals surface area (Å²) in [6.45, 7) is 5.05. The Hall–Kier alpha value is -1.16. The maximum Gasteiger partial charge on any atom is 0.149 e. The van der Waals surface area contributed by atoms with Crippen LogP contribution in [0.5, 0.6) is 0 Å². The SMILES string of the molecule is CNC1CCN(c2ccc(F)cc2F)C(C)C1C. The Morgan fingerprint density at radius 3 is 2.61 bits per heavy atom. The largest absolute Gasteiger partial charge is 0.366 e. The normalized spacial score (nSPS) is 28.5. The summed E-state index contributed by atoms with van der Waals surface area (Å²) in [6.07, 6.45) is 0.971. The van der Waals surface area contributed by atoms with Gasteiger partial charge in [-0.3, -0.25) is 0 Å². The van der Waals surface area contributed by atoms with Crippen LogP contribution in [0.2, 0.25) is 0 Å². The van der Waals surface area contributed by atoms with Gasteiger partial charge in [0.05, 0.1) is 5.69 Å². The second kappa shape index (κ2) is 5.22. The van der Waals surface area contributed by atoms with E-state index in [1.54, 1.807) is 0 Å². The quantitative estimate of drug-likeness (QED) is 0.873. The molecule has 100 valence electrons. The number of anilines is 1. The Labute approximate surface area is 107 Å². The fraction of sp³-hybridized carbons (Fsp3) is 0.571.